The summed E-state index contributed by atoms with van der Waals surface area (Å²) in [6.45, 7) is 4.64. The maximum Gasteiger partial charge on any atom is 0.0714 e. The highest BCUT2D eigenvalue weighted by Crippen LogP contribution is 2.59. The summed E-state index contributed by atoms with van der Waals surface area (Å²) in [5.74, 6) is 0.366. The molecule has 9 aromatic rings. The Morgan fingerprint density at radius 3 is 1.71 bits per heavy atom. The molecule has 1 nitrogen and oxygen atoms in total. The zero-order valence-corrected chi connectivity index (χ0v) is 31.2. The summed E-state index contributed by atoms with van der Waals surface area (Å²) in [6.07, 6.45) is 0. The van der Waals surface area contributed by atoms with Gasteiger partial charge in [0.25, 0.3) is 0 Å². The zero-order valence-electron chi connectivity index (χ0n) is 31.2. The molecular formula is C54H41N. The first-order valence-corrected chi connectivity index (χ1v) is 19.4. The maximum atomic E-state index is 2.50. The molecule has 0 saturated heterocycles. The minimum Gasteiger partial charge on any atom is -0.310 e. The van der Waals surface area contributed by atoms with Crippen LogP contribution in [0, 0.1) is 0 Å². The van der Waals surface area contributed by atoms with E-state index in [4.69, 9.17) is 0 Å². The summed E-state index contributed by atoms with van der Waals surface area (Å²) in [7, 11) is 0. The van der Waals surface area contributed by atoms with Crippen LogP contribution in [0.5, 0.6) is 0 Å². The second-order valence-corrected chi connectivity index (χ2v) is 15.1. The lowest BCUT2D eigenvalue weighted by molar-refractivity contribution is 0.765. The van der Waals surface area contributed by atoms with Crippen molar-refractivity contribution < 1.29 is 0 Å². The molecule has 0 bridgehead atoms. The van der Waals surface area contributed by atoms with Crippen LogP contribution in [0.1, 0.15) is 47.6 Å². The van der Waals surface area contributed by atoms with Gasteiger partial charge in [-0.1, -0.05) is 190 Å². The maximum absolute atomic E-state index is 2.50. The van der Waals surface area contributed by atoms with Crippen LogP contribution in [0.3, 0.4) is 0 Å². The predicted octanol–water partition coefficient (Wildman–Crippen LogP) is 14.6. The van der Waals surface area contributed by atoms with E-state index in [1.165, 1.54) is 71.6 Å². The Kier molecular flexibility index (Phi) is 7.96. The van der Waals surface area contributed by atoms with E-state index in [9.17, 15) is 0 Å². The van der Waals surface area contributed by atoms with Gasteiger partial charge in [0.05, 0.1) is 11.1 Å². The average molecular weight is 704 g/mol. The Hall–Kier alpha value is -6.70. The molecule has 0 saturated carbocycles. The van der Waals surface area contributed by atoms with Gasteiger partial charge >= 0.3 is 0 Å². The lowest BCUT2D eigenvalue weighted by Crippen LogP contribution is -2.28. The SMILES string of the molecule is CC(C)c1cccc2c1-c1ccc(N(c3ccc4ccccc4c3)c3ccc4ccccc4c3-c3ccccc3)cc1C2(c1ccccc1)c1ccccc1. The third-order valence-electron chi connectivity index (χ3n) is 11.7. The van der Waals surface area contributed by atoms with Crippen LogP contribution >= 0.6 is 0 Å². The van der Waals surface area contributed by atoms with Gasteiger partial charge in [0.2, 0.25) is 0 Å². The third-order valence-corrected chi connectivity index (χ3v) is 11.7. The Morgan fingerprint density at radius 1 is 0.418 bits per heavy atom. The molecule has 0 atom stereocenters. The second-order valence-electron chi connectivity index (χ2n) is 15.1. The van der Waals surface area contributed by atoms with Gasteiger partial charge < -0.3 is 4.90 Å². The quantitative estimate of drug-likeness (QED) is 0.160. The van der Waals surface area contributed by atoms with Gasteiger partial charge in [-0.05, 0) is 102 Å². The molecule has 1 aliphatic carbocycles. The average Bonchev–Trinajstić information content (AvgIpc) is 3.55. The highest BCUT2D eigenvalue weighted by molar-refractivity contribution is 6.06. The van der Waals surface area contributed by atoms with Gasteiger partial charge in [0.1, 0.15) is 0 Å². The molecule has 0 spiro atoms. The fourth-order valence-electron chi connectivity index (χ4n) is 9.27. The number of hydrogen-bond acceptors (Lipinski definition) is 1. The van der Waals surface area contributed by atoms with Crippen LogP contribution in [-0.4, -0.2) is 0 Å². The van der Waals surface area contributed by atoms with E-state index in [0.29, 0.717) is 5.92 Å². The zero-order chi connectivity index (χ0) is 36.9. The molecule has 0 unspecified atom stereocenters. The van der Waals surface area contributed by atoms with E-state index in [2.05, 4.69) is 225 Å². The first kappa shape index (κ1) is 32.9. The van der Waals surface area contributed by atoms with Gasteiger partial charge in [0, 0.05) is 16.9 Å². The fraction of sp³-hybridized carbons (Fsp3) is 0.0741. The number of anilines is 3. The van der Waals surface area contributed by atoms with E-state index in [0.717, 1.165) is 17.1 Å². The number of rotatable bonds is 7. The van der Waals surface area contributed by atoms with Crippen molar-refractivity contribution in [1.29, 1.82) is 0 Å². The Bertz CT molecular complexity index is 2800. The van der Waals surface area contributed by atoms with Crippen LogP contribution in [0.4, 0.5) is 17.1 Å². The number of fused-ring (bicyclic) bond motifs is 5. The molecule has 0 N–H and O–H groups in total. The summed E-state index contributed by atoms with van der Waals surface area (Å²) in [6, 6.07) is 76.3. The van der Waals surface area contributed by atoms with E-state index in [1.54, 1.807) is 0 Å². The fourth-order valence-corrected chi connectivity index (χ4v) is 9.27. The van der Waals surface area contributed by atoms with Crippen LogP contribution in [0.25, 0.3) is 43.8 Å². The Balaban J connectivity index is 1.32. The van der Waals surface area contributed by atoms with Crippen molar-refractivity contribution in [3.8, 4) is 22.3 Å². The van der Waals surface area contributed by atoms with E-state index in [-0.39, 0.29) is 0 Å². The van der Waals surface area contributed by atoms with Gasteiger partial charge in [-0.2, -0.15) is 0 Å². The Labute approximate surface area is 323 Å². The molecule has 0 heterocycles. The van der Waals surface area contributed by atoms with Crippen LogP contribution in [0.15, 0.2) is 206 Å². The van der Waals surface area contributed by atoms with E-state index in [1.807, 2.05) is 0 Å². The Morgan fingerprint density at radius 2 is 1.00 bits per heavy atom. The minimum absolute atomic E-state index is 0.366. The highest BCUT2D eigenvalue weighted by Gasteiger charge is 2.47. The third kappa shape index (κ3) is 5.22. The van der Waals surface area contributed by atoms with Crippen molar-refractivity contribution in [2.24, 2.45) is 0 Å². The second kappa shape index (κ2) is 13.3. The van der Waals surface area contributed by atoms with Crippen molar-refractivity contribution in [2.75, 3.05) is 4.90 Å². The predicted molar refractivity (Wildman–Crippen MR) is 233 cm³/mol. The summed E-state index contributed by atoms with van der Waals surface area (Å²) in [5, 5.41) is 4.90. The van der Waals surface area contributed by atoms with Crippen molar-refractivity contribution in [3.05, 3.63) is 234 Å². The van der Waals surface area contributed by atoms with Gasteiger partial charge in [-0.25, -0.2) is 0 Å². The van der Waals surface area contributed by atoms with Gasteiger partial charge in [-0.3, -0.25) is 0 Å². The van der Waals surface area contributed by atoms with Gasteiger partial charge in [0.15, 0.2) is 0 Å². The molecule has 262 valence electrons. The molecule has 1 heteroatoms. The number of benzene rings is 9. The minimum atomic E-state index is -0.519. The molecule has 0 amide bonds. The summed E-state index contributed by atoms with van der Waals surface area (Å²) in [5.41, 5.74) is 14.5. The van der Waals surface area contributed by atoms with Gasteiger partial charge in [-0.15, -0.1) is 0 Å². The molecule has 0 aliphatic heterocycles. The molecular weight excluding hydrogens is 663 g/mol. The van der Waals surface area contributed by atoms with Crippen LogP contribution < -0.4 is 4.90 Å². The molecule has 0 fully saturated rings. The standard InChI is InChI=1S/C54H41N/c1-37(2)46-27-16-28-49-53(46)48-33-32-45(36-50(48)54(49,42-22-8-4-9-23-42)43-24-10-5-11-25-43)55(44-31-29-38-17-12-13-21-41(38)35-44)51-34-30-39-18-14-15-26-47(39)52(51)40-19-6-3-7-20-40/h3-37H,1-2H3. The highest BCUT2D eigenvalue weighted by atomic mass is 15.1. The lowest BCUT2D eigenvalue weighted by atomic mass is 9.67. The number of hydrogen-bond donors (Lipinski definition) is 0. The monoisotopic (exact) mass is 703 g/mol. The topological polar surface area (TPSA) is 3.24 Å². The van der Waals surface area contributed by atoms with Crippen molar-refractivity contribution >= 4 is 38.6 Å². The summed E-state index contributed by atoms with van der Waals surface area (Å²) in [4.78, 5) is 2.49. The summed E-state index contributed by atoms with van der Waals surface area (Å²) >= 11 is 0. The smallest absolute Gasteiger partial charge is 0.0714 e. The molecule has 55 heavy (non-hydrogen) atoms. The molecule has 0 aromatic heterocycles. The molecule has 10 rings (SSSR count). The summed E-state index contributed by atoms with van der Waals surface area (Å²) < 4.78 is 0. The first-order chi connectivity index (χ1) is 27.1. The number of nitrogens with zero attached hydrogens (tertiary/aromatic N) is 1. The lowest BCUT2D eigenvalue weighted by Gasteiger charge is -2.35. The molecule has 0 radical (unpaired) electrons. The van der Waals surface area contributed by atoms with E-state index < -0.39 is 5.41 Å². The van der Waals surface area contributed by atoms with Crippen molar-refractivity contribution in [3.63, 3.8) is 0 Å². The molecule has 9 aromatic carbocycles. The van der Waals surface area contributed by atoms with Crippen molar-refractivity contribution in [2.45, 2.75) is 25.2 Å². The molecule has 1 aliphatic rings. The van der Waals surface area contributed by atoms with E-state index >= 15 is 0 Å². The largest absolute Gasteiger partial charge is 0.310 e. The van der Waals surface area contributed by atoms with Crippen molar-refractivity contribution in [1.82, 2.24) is 0 Å². The van der Waals surface area contributed by atoms with Crippen LogP contribution in [-0.2, 0) is 5.41 Å². The normalized spacial score (nSPS) is 12.9. The first-order valence-electron chi connectivity index (χ1n) is 19.4. The van der Waals surface area contributed by atoms with Crippen LogP contribution in [0.2, 0.25) is 0 Å².